The topological polar surface area (TPSA) is 37.3 Å². The Bertz CT molecular complexity index is 1480. The molecule has 0 aromatic carbocycles. The van der Waals surface area contributed by atoms with E-state index in [0.717, 1.165) is 0 Å². The van der Waals surface area contributed by atoms with Crippen LogP contribution in [0.5, 0.6) is 0 Å². The van der Waals surface area contributed by atoms with Crippen molar-refractivity contribution in [3.05, 3.63) is 44.6 Å². The van der Waals surface area contributed by atoms with Crippen LogP contribution in [0.4, 0.5) is 0 Å². The third kappa shape index (κ3) is 14.9. The lowest BCUT2D eigenvalue weighted by atomic mass is 9.71. The second kappa shape index (κ2) is 27.3. The Hall–Kier alpha value is -0.280. The van der Waals surface area contributed by atoms with Gasteiger partial charge in [-0.15, -0.1) is 34.0 Å². The second-order valence-corrected chi connectivity index (χ2v) is 19.3. The number of hydrogen-bond donors (Lipinski definition) is 1. The number of fused-ring (bicyclic) bond motifs is 3. The molecule has 3 heterocycles. The van der Waals surface area contributed by atoms with E-state index in [9.17, 15) is 4.57 Å². The van der Waals surface area contributed by atoms with Crippen molar-refractivity contribution in [1.29, 1.82) is 2.56 Å². The van der Waals surface area contributed by atoms with E-state index in [2.05, 4.69) is 86.8 Å². The highest BCUT2D eigenvalue weighted by Crippen LogP contribution is 2.61. The van der Waals surface area contributed by atoms with Gasteiger partial charge in [0.2, 0.25) is 0 Å². The summed E-state index contributed by atoms with van der Waals surface area (Å²) in [4.78, 5) is 9.40. The van der Waals surface area contributed by atoms with Crippen LogP contribution in [0, 0.1) is 13.8 Å². The van der Waals surface area contributed by atoms with Crippen molar-refractivity contribution in [3.8, 4) is 19.5 Å². The number of thiophene rings is 3. The molecule has 1 aliphatic carbocycles. The van der Waals surface area contributed by atoms with Crippen LogP contribution in [0.2, 0.25) is 0 Å². The van der Waals surface area contributed by atoms with Crippen molar-refractivity contribution >= 4 is 50.3 Å². The molecule has 290 valence electrons. The number of aliphatic hydroxyl groups is 1. The zero-order valence-corrected chi connectivity index (χ0v) is 34.5. The standard InChI is InChI=1S/C39H60S3.CH6O2P2.3CH4/c1-6-9-12-15-18-21-24-32-27-30(4)40-36(32)35-29-34-38(42-35)37-33(28-31(5)41-37)39(34,25-22-19-16-13-10-7-2)26-23-20-17-14-11-8-3;2-1-5(3)4;;;/h27-29H,6-26H2,1-5H3;2,5H,1,4H2;3*1H4/i;1TD,4T,5D;;;. The molecule has 7 heteroatoms. The third-order valence-electron chi connectivity index (χ3n) is 9.79. The van der Waals surface area contributed by atoms with Gasteiger partial charge in [0.05, 0.1) is 10.3 Å². The Morgan fingerprint density at radius 1 is 0.720 bits per heavy atom. The molecular formula is C43H78O2P2S3. The van der Waals surface area contributed by atoms with Crippen LogP contribution in [0.1, 0.15) is 201 Å². The van der Waals surface area contributed by atoms with E-state index in [4.69, 9.17) is 10.4 Å². The van der Waals surface area contributed by atoms with Gasteiger partial charge in [0, 0.05) is 34.7 Å². The van der Waals surface area contributed by atoms with Crippen LogP contribution < -0.4 is 0 Å². The fourth-order valence-electron chi connectivity index (χ4n) is 7.35. The molecule has 3 aromatic rings. The van der Waals surface area contributed by atoms with Crippen LogP contribution in [0.3, 0.4) is 0 Å². The molecule has 3 aromatic heterocycles. The molecular weight excluding hydrogens is 707 g/mol. The number of rotatable bonds is 24. The summed E-state index contributed by atoms with van der Waals surface area (Å²) in [7, 11) is -5.14. The highest BCUT2D eigenvalue weighted by Gasteiger charge is 2.45. The SMILES string of the molecule is C.C.C.CCCCCCCCc1cc(C)sc1-c1cc2c(s1)-c1sc(C)cc1C2(CCCCCCCC)CCCCCCCC.[2H]C([3H])(O)P([2H])(=O)P[3H]. The van der Waals surface area contributed by atoms with Gasteiger partial charge in [-0.25, -0.2) is 0 Å². The summed E-state index contributed by atoms with van der Waals surface area (Å²) in [5.74, 6) is 0. The van der Waals surface area contributed by atoms with Crippen LogP contribution in [0.25, 0.3) is 19.5 Å². The maximum Gasteiger partial charge on any atom is 0.114 e. The fourth-order valence-corrected chi connectivity index (χ4v) is 11.1. The first kappa shape index (κ1) is 42.5. The van der Waals surface area contributed by atoms with Crippen molar-refractivity contribution in [2.24, 2.45) is 0 Å². The zero-order chi connectivity index (χ0) is 37.5. The summed E-state index contributed by atoms with van der Waals surface area (Å²) in [5.41, 5.74) is 5.27. The summed E-state index contributed by atoms with van der Waals surface area (Å²) in [5, 5.41) is 8.32. The lowest BCUT2D eigenvalue weighted by molar-refractivity contribution is 0.365. The van der Waals surface area contributed by atoms with Crippen molar-refractivity contribution in [2.45, 2.75) is 197 Å². The molecule has 4 rings (SSSR count). The number of unbranched alkanes of at least 4 members (excludes halogenated alkanes) is 15. The minimum atomic E-state index is -4.02. The van der Waals surface area contributed by atoms with Crippen LogP contribution >= 0.6 is 50.3 Å². The lowest BCUT2D eigenvalue weighted by Crippen LogP contribution is -2.25. The maximum atomic E-state index is 10.5. The Morgan fingerprint density at radius 3 is 1.66 bits per heavy atom. The van der Waals surface area contributed by atoms with Gasteiger partial charge in [-0.3, -0.25) is 0 Å². The summed E-state index contributed by atoms with van der Waals surface area (Å²) >= 11 is 6.26. The maximum absolute atomic E-state index is 10.5. The van der Waals surface area contributed by atoms with E-state index in [0.29, 0.717) is 0 Å². The van der Waals surface area contributed by atoms with E-state index in [1.807, 2.05) is 0 Å². The van der Waals surface area contributed by atoms with E-state index in [1.165, 1.54) is 145 Å². The summed E-state index contributed by atoms with van der Waals surface area (Å²) in [6.07, 6.45) is 25.9. The molecule has 0 bridgehead atoms. The smallest absolute Gasteiger partial charge is 0.114 e. The van der Waals surface area contributed by atoms with Gasteiger partial charge >= 0.3 is 0 Å². The Morgan fingerprint density at radius 2 is 1.16 bits per heavy atom. The molecule has 2 nitrogen and oxygen atoms in total. The zero-order valence-electron chi connectivity index (χ0n) is 34.1. The molecule has 3 atom stereocenters. The summed E-state index contributed by atoms with van der Waals surface area (Å²) in [6, 6.07) is 7.81. The van der Waals surface area contributed by atoms with Crippen LogP contribution in [-0.4, -0.2) is 14.0 Å². The highest BCUT2D eigenvalue weighted by atomic mass is 32.1. The predicted molar refractivity (Wildman–Crippen MR) is 240 cm³/mol. The first-order valence-corrected chi connectivity index (χ1v) is 23.8. The Kier molecular flexibility index (Phi) is 23.2. The summed E-state index contributed by atoms with van der Waals surface area (Å²) < 4.78 is 36.3. The largest absolute Gasteiger partial charge is 0.389 e. The van der Waals surface area contributed by atoms with Crippen molar-refractivity contribution < 1.29 is 12.4 Å². The van der Waals surface area contributed by atoms with E-state index in [-0.39, 0.29) is 27.7 Å². The molecule has 0 amide bonds. The van der Waals surface area contributed by atoms with Crippen molar-refractivity contribution in [1.82, 2.24) is 0 Å². The van der Waals surface area contributed by atoms with Gasteiger partial charge in [-0.2, -0.15) is 0 Å². The summed E-state index contributed by atoms with van der Waals surface area (Å²) in [6.45, 7) is 11.6. The molecule has 0 aliphatic heterocycles. The van der Waals surface area contributed by atoms with Crippen LogP contribution in [-0.2, 0) is 16.4 Å². The molecule has 50 heavy (non-hydrogen) atoms. The van der Waals surface area contributed by atoms with Gasteiger partial charge in [0.25, 0.3) is 0 Å². The Balaban J connectivity index is 0.00000208. The Labute approximate surface area is 331 Å². The highest BCUT2D eigenvalue weighted by molar-refractivity contribution is 8.06. The van der Waals surface area contributed by atoms with Crippen molar-refractivity contribution in [2.75, 3.05) is 6.30 Å². The normalized spacial score (nSPS) is 16.2. The minimum Gasteiger partial charge on any atom is -0.389 e. The quantitative estimate of drug-likeness (QED) is 0.0725. The van der Waals surface area contributed by atoms with Gasteiger partial charge in [-0.1, -0.05) is 161 Å². The average molecular weight is 791 g/mol. The second-order valence-electron chi connectivity index (χ2n) is 13.7. The number of aryl methyl sites for hydroxylation is 3. The van der Waals surface area contributed by atoms with Gasteiger partial charge in [-0.05, 0) is 74.4 Å². The monoisotopic (exact) mass is 790 g/mol. The predicted octanol–water partition coefficient (Wildman–Crippen LogP) is 17.0. The molecule has 0 spiro atoms. The number of hydrogen-bond acceptors (Lipinski definition) is 5. The average Bonchev–Trinajstić information content (AvgIpc) is 3.84. The lowest BCUT2D eigenvalue weighted by Gasteiger charge is -2.31. The molecule has 0 radical (unpaired) electrons. The third-order valence-corrected chi connectivity index (χ3v) is 13.9. The van der Waals surface area contributed by atoms with E-state index >= 15 is 0 Å². The molecule has 0 saturated carbocycles. The van der Waals surface area contributed by atoms with Gasteiger partial charge in [0.15, 0.2) is 0 Å². The van der Waals surface area contributed by atoms with Crippen molar-refractivity contribution in [3.63, 3.8) is 0 Å². The van der Waals surface area contributed by atoms with Gasteiger partial charge in [0.1, 0.15) is 8.71 Å². The first-order valence-electron chi connectivity index (χ1n) is 20.7. The molecule has 3 unspecified atom stereocenters. The molecule has 1 aliphatic rings. The van der Waals surface area contributed by atoms with Gasteiger partial charge < -0.3 is 9.67 Å². The molecule has 0 saturated heterocycles. The van der Waals surface area contributed by atoms with E-state index < -0.39 is 22.6 Å². The fraction of sp³-hybridized carbons (Fsp3) is 0.721. The molecule has 1 N–H and O–H groups in total. The minimum absolute atomic E-state index is 0. The van der Waals surface area contributed by atoms with Crippen LogP contribution in [0.15, 0.2) is 18.2 Å². The molecule has 0 fully saturated rings. The first-order chi connectivity index (χ1) is 24.3. The van der Waals surface area contributed by atoms with E-state index in [1.54, 1.807) is 36.2 Å².